The lowest BCUT2D eigenvalue weighted by atomic mass is 10.1. The summed E-state index contributed by atoms with van der Waals surface area (Å²) < 4.78 is 16.5. The van der Waals surface area contributed by atoms with E-state index in [1.807, 2.05) is 18.2 Å². The van der Waals surface area contributed by atoms with E-state index in [9.17, 15) is 0 Å². The SMILES string of the molecule is COc1ccc(C(N)CN2CC3CCC(C2)O3)cc1OC. The second-order valence-corrected chi connectivity index (χ2v) is 5.90. The second kappa shape index (κ2) is 6.22. The predicted molar refractivity (Wildman–Crippen MR) is 80.8 cm³/mol. The van der Waals surface area contributed by atoms with E-state index in [1.165, 1.54) is 12.8 Å². The summed E-state index contributed by atoms with van der Waals surface area (Å²) in [7, 11) is 3.29. The summed E-state index contributed by atoms with van der Waals surface area (Å²) in [4.78, 5) is 2.42. The molecule has 5 nitrogen and oxygen atoms in total. The van der Waals surface area contributed by atoms with Crippen LogP contribution in [0, 0.1) is 0 Å². The highest BCUT2D eigenvalue weighted by molar-refractivity contribution is 5.43. The molecule has 1 aromatic carbocycles. The Labute approximate surface area is 126 Å². The third kappa shape index (κ3) is 3.15. The third-order valence-electron chi connectivity index (χ3n) is 4.41. The molecule has 0 saturated carbocycles. The van der Waals surface area contributed by atoms with E-state index in [4.69, 9.17) is 19.9 Å². The summed E-state index contributed by atoms with van der Waals surface area (Å²) in [6, 6.07) is 5.87. The van der Waals surface area contributed by atoms with Crippen molar-refractivity contribution in [3.05, 3.63) is 23.8 Å². The summed E-state index contributed by atoms with van der Waals surface area (Å²) in [5.41, 5.74) is 7.45. The maximum atomic E-state index is 6.37. The van der Waals surface area contributed by atoms with E-state index in [1.54, 1.807) is 14.2 Å². The van der Waals surface area contributed by atoms with Crippen molar-refractivity contribution in [3.8, 4) is 11.5 Å². The minimum atomic E-state index is -0.0256. The normalized spacial score (nSPS) is 26.6. The van der Waals surface area contributed by atoms with Crippen LogP contribution in [0.4, 0.5) is 0 Å². The molecule has 21 heavy (non-hydrogen) atoms. The highest BCUT2D eigenvalue weighted by Crippen LogP contribution is 2.31. The fourth-order valence-corrected chi connectivity index (χ4v) is 3.32. The molecule has 2 heterocycles. The molecule has 5 heteroatoms. The number of likely N-dealkylation sites (tertiary alicyclic amines) is 1. The molecule has 2 N–H and O–H groups in total. The number of morpholine rings is 1. The number of ether oxygens (including phenoxy) is 3. The van der Waals surface area contributed by atoms with E-state index >= 15 is 0 Å². The molecule has 0 radical (unpaired) electrons. The number of hydrogen-bond donors (Lipinski definition) is 1. The zero-order valence-electron chi connectivity index (χ0n) is 12.7. The number of benzene rings is 1. The number of hydrogen-bond acceptors (Lipinski definition) is 5. The van der Waals surface area contributed by atoms with Gasteiger partial charge in [-0.3, -0.25) is 4.90 Å². The van der Waals surface area contributed by atoms with Gasteiger partial charge < -0.3 is 19.9 Å². The van der Waals surface area contributed by atoms with Gasteiger partial charge in [-0.1, -0.05) is 6.07 Å². The summed E-state index contributed by atoms with van der Waals surface area (Å²) in [6.07, 6.45) is 3.18. The highest BCUT2D eigenvalue weighted by atomic mass is 16.5. The Hall–Kier alpha value is -1.30. The Balaban J connectivity index is 1.66. The van der Waals surface area contributed by atoms with Crippen LogP contribution in [0.15, 0.2) is 18.2 Å². The Bertz CT molecular complexity index is 482. The molecule has 2 aliphatic heterocycles. The van der Waals surface area contributed by atoms with Crippen LogP contribution in [0.1, 0.15) is 24.4 Å². The van der Waals surface area contributed by atoms with Gasteiger partial charge in [0.1, 0.15) is 0 Å². The van der Waals surface area contributed by atoms with Crippen molar-refractivity contribution in [2.75, 3.05) is 33.9 Å². The molecule has 3 unspecified atom stereocenters. The van der Waals surface area contributed by atoms with Gasteiger partial charge in [0.2, 0.25) is 0 Å². The zero-order valence-corrected chi connectivity index (χ0v) is 12.7. The summed E-state index contributed by atoms with van der Waals surface area (Å²) >= 11 is 0. The first-order valence-electron chi connectivity index (χ1n) is 7.55. The van der Waals surface area contributed by atoms with E-state index in [0.29, 0.717) is 12.2 Å². The average molecular weight is 292 g/mol. The van der Waals surface area contributed by atoms with Gasteiger partial charge in [-0.25, -0.2) is 0 Å². The molecular weight excluding hydrogens is 268 g/mol. The first kappa shape index (κ1) is 14.6. The molecular formula is C16H24N2O3. The fraction of sp³-hybridized carbons (Fsp3) is 0.625. The first-order valence-corrected chi connectivity index (χ1v) is 7.55. The lowest BCUT2D eigenvalue weighted by Gasteiger charge is -2.33. The number of nitrogens with zero attached hydrogens (tertiary/aromatic N) is 1. The molecule has 1 aromatic rings. The summed E-state index contributed by atoms with van der Waals surface area (Å²) in [6.45, 7) is 2.85. The number of fused-ring (bicyclic) bond motifs is 2. The van der Waals surface area contributed by atoms with Crippen LogP contribution in [-0.4, -0.2) is 51.0 Å². The lowest BCUT2D eigenvalue weighted by Crippen LogP contribution is -2.45. The van der Waals surface area contributed by atoms with E-state index in [0.717, 1.165) is 36.7 Å². The van der Waals surface area contributed by atoms with Crippen molar-refractivity contribution < 1.29 is 14.2 Å². The number of rotatable bonds is 5. The smallest absolute Gasteiger partial charge is 0.161 e. The van der Waals surface area contributed by atoms with Crippen molar-refractivity contribution >= 4 is 0 Å². The summed E-state index contributed by atoms with van der Waals surface area (Å²) in [5, 5.41) is 0. The van der Waals surface area contributed by atoms with Gasteiger partial charge in [0.25, 0.3) is 0 Å². The summed E-state index contributed by atoms with van der Waals surface area (Å²) in [5.74, 6) is 1.46. The van der Waals surface area contributed by atoms with E-state index < -0.39 is 0 Å². The maximum absolute atomic E-state index is 6.37. The Morgan fingerprint density at radius 3 is 2.48 bits per heavy atom. The molecule has 0 aliphatic carbocycles. The van der Waals surface area contributed by atoms with Gasteiger partial charge in [0, 0.05) is 25.7 Å². The van der Waals surface area contributed by atoms with Crippen LogP contribution in [0.2, 0.25) is 0 Å². The minimum Gasteiger partial charge on any atom is -0.493 e. The van der Waals surface area contributed by atoms with Crippen LogP contribution in [0.25, 0.3) is 0 Å². The van der Waals surface area contributed by atoms with Gasteiger partial charge in [0.15, 0.2) is 11.5 Å². The van der Waals surface area contributed by atoms with Crippen molar-refractivity contribution in [2.45, 2.75) is 31.1 Å². The zero-order chi connectivity index (χ0) is 14.8. The average Bonchev–Trinajstić information content (AvgIpc) is 2.85. The van der Waals surface area contributed by atoms with Gasteiger partial charge in [0.05, 0.1) is 26.4 Å². The van der Waals surface area contributed by atoms with E-state index in [-0.39, 0.29) is 6.04 Å². The molecule has 3 rings (SSSR count). The van der Waals surface area contributed by atoms with E-state index in [2.05, 4.69) is 4.90 Å². The quantitative estimate of drug-likeness (QED) is 0.892. The fourth-order valence-electron chi connectivity index (χ4n) is 3.32. The Kier molecular flexibility index (Phi) is 4.33. The lowest BCUT2D eigenvalue weighted by molar-refractivity contribution is -0.0397. The molecule has 0 aromatic heterocycles. The minimum absolute atomic E-state index is 0.0256. The molecule has 2 bridgehead atoms. The van der Waals surface area contributed by atoms with Crippen LogP contribution < -0.4 is 15.2 Å². The van der Waals surface area contributed by atoms with Gasteiger partial charge in [-0.15, -0.1) is 0 Å². The van der Waals surface area contributed by atoms with Crippen LogP contribution in [0.5, 0.6) is 11.5 Å². The van der Waals surface area contributed by atoms with Crippen molar-refractivity contribution in [1.29, 1.82) is 0 Å². The molecule has 2 saturated heterocycles. The molecule has 0 spiro atoms. The van der Waals surface area contributed by atoms with Gasteiger partial charge >= 0.3 is 0 Å². The highest BCUT2D eigenvalue weighted by Gasteiger charge is 2.34. The monoisotopic (exact) mass is 292 g/mol. The van der Waals surface area contributed by atoms with Gasteiger partial charge in [-0.05, 0) is 30.5 Å². The Morgan fingerprint density at radius 1 is 1.19 bits per heavy atom. The Morgan fingerprint density at radius 2 is 1.86 bits per heavy atom. The molecule has 116 valence electrons. The molecule has 2 fully saturated rings. The van der Waals surface area contributed by atoms with Crippen molar-refractivity contribution in [3.63, 3.8) is 0 Å². The molecule has 3 atom stereocenters. The second-order valence-electron chi connectivity index (χ2n) is 5.90. The topological polar surface area (TPSA) is 57.0 Å². The third-order valence-corrected chi connectivity index (χ3v) is 4.41. The maximum Gasteiger partial charge on any atom is 0.161 e. The van der Waals surface area contributed by atoms with Crippen LogP contribution in [-0.2, 0) is 4.74 Å². The van der Waals surface area contributed by atoms with Crippen molar-refractivity contribution in [2.24, 2.45) is 5.73 Å². The number of nitrogens with two attached hydrogens (primary N) is 1. The standard InChI is InChI=1S/C16H24N2O3/c1-19-15-6-3-11(7-16(15)20-2)14(17)10-18-8-12-4-5-13(9-18)21-12/h3,6-7,12-14H,4-5,8-10,17H2,1-2H3. The van der Waals surface area contributed by atoms with Crippen molar-refractivity contribution in [1.82, 2.24) is 4.90 Å². The van der Waals surface area contributed by atoms with Gasteiger partial charge in [-0.2, -0.15) is 0 Å². The van der Waals surface area contributed by atoms with Crippen LogP contribution in [0.3, 0.4) is 0 Å². The molecule has 2 aliphatic rings. The first-order chi connectivity index (χ1) is 10.2. The number of methoxy groups -OCH3 is 2. The van der Waals surface area contributed by atoms with Crippen LogP contribution >= 0.6 is 0 Å². The predicted octanol–water partition coefficient (Wildman–Crippen LogP) is 1.57. The molecule has 0 amide bonds. The largest absolute Gasteiger partial charge is 0.493 e.